The van der Waals surface area contributed by atoms with Gasteiger partial charge in [-0.15, -0.1) is 0 Å². The van der Waals surface area contributed by atoms with Crippen molar-refractivity contribution in [2.24, 2.45) is 0 Å². The summed E-state index contributed by atoms with van der Waals surface area (Å²) in [6.45, 7) is 4.68. The van der Waals surface area contributed by atoms with Gasteiger partial charge in [0.2, 0.25) is 0 Å². The number of nitrogens with zero attached hydrogens (tertiary/aromatic N) is 2. The van der Waals surface area contributed by atoms with Crippen LogP contribution in [0.15, 0.2) is 48.5 Å². The number of fused-ring (bicyclic) bond motifs is 2. The zero-order chi connectivity index (χ0) is 18.0. The number of ether oxygens (including phenoxy) is 1. The van der Waals surface area contributed by atoms with E-state index in [1.54, 1.807) is 7.11 Å². The number of benzene rings is 2. The highest BCUT2D eigenvalue weighted by atomic mass is 16.5. The van der Waals surface area contributed by atoms with Crippen LogP contribution in [0.4, 0.5) is 0 Å². The lowest BCUT2D eigenvalue weighted by Gasteiger charge is -2.51. The topological polar surface area (TPSA) is 15.7 Å². The van der Waals surface area contributed by atoms with Crippen molar-refractivity contribution < 1.29 is 4.74 Å². The Morgan fingerprint density at radius 1 is 1.00 bits per heavy atom. The van der Waals surface area contributed by atoms with Crippen LogP contribution in [0.3, 0.4) is 0 Å². The SMILES string of the molecule is COc1ccc2c(c1)CCN(C)C21CCN(CCc2ccccc2)CC1. The fourth-order valence-electron chi connectivity index (χ4n) is 4.80. The molecule has 2 aromatic rings. The van der Waals surface area contributed by atoms with Crippen molar-refractivity contribution >= 4 is 0 Å². The van der Waals surface area contributed by atoms with Crippen LogP contribution in [-0.2, 0) is 18.4 Å². The molecule has 1 fully saturated rings. The van der Waals surface area contributed by atoms with Gasteiger partial charge in [-0.3, -0.25) is 4.90 Å². The van der Waals surface area contributed by atoms with Crippen molar-refractivity contribution in [3.63, 3.8) is 0 Å². The van der Waals surface area contributed by atoms with Crippen LogP contribution >= 0.6 is 0 Å². The molecule has 2 aliphatic rings. The summed E-state index contributed by atoms with van der Waals surface area (Å²) in [4.78, 5) is 5.25. The third-order valence-electron chi connectivity index (χ3n) is 6.50. The molecule has 1 spiro atoms. The van der Waals surface area contributed by atoms with Crippen LogP contribution in [0.25, 0.3) is 0 Å². The molecule has 0 aliphatic carbocycles. The van der Waals surface area contributed by atoms with Gasteiger partial charge in [0.1, 0.15) is 5.75 Å². The number of piperidine rings is 1. The first-order valence-electron chi connectivity index (χ1n) is 9.86. The number of rotatable bonds is 4. The summed E-state index contributed by atoms with van der Waals surface area (Å²) in [5.41, 5.74) is 4.68. The summed E-state index contributed by atoms with van der Waals surface area (Å²) in [7, 11) is 4.07. The van der Waals surface area contributed by atoms with Gasteiger partial charge in [-0.05, 0) is 61.6 Å². The Morgan fingerprint density at radius 3 is 2.50 bits per heavy atom. The second-order valence-corrected chi connectivity index (χ2v) is 7.80. The molecule has 4 rings (SSSR count). The summed E-state index contributed by atoms with van der Waals surface area (Å²) in [6.07, 6.45) is 4.72. The molecule has 138 valence electrons. The van der Waals surface area contributed by atoms with Crippen LogP contribution in [0, 0.1) is 0 Å². The third-order valence-corrected chi connectivity index (χ3v) is 6.50. The average molecular weight is 351 g/mol. The van der Waals surface area contributed by atoms with E-state index in [2.05, 4.69) is 65.4 Å². The predicted octanol–water partition coefficient (Wildman–Crippen LogP) is 3.72. The van der Waals surface area contributed by atoms with E-state index < -0.39 is 0 Å². The lowest BCUT2D eigenvalue weighted by atomic mass is 9.74. The van der Waals surface area contributed by atoms with Gasteiger partial charge < -0.3 is 9.64 Å². The number of methoxy groups -OCH3 is 1. The Kier molecular flexibility index (Phi) is 5.01. The largest absolute Gasteiger partial charge is 0.497 e. The molecule has 0 atom stereocenters. The molecule has 0 radical (unpaired) electrons. The van der Waals surface area contributed by atoms with Crippen molar-refractivity contribution in [2.45, 2.75) is 31.2 Å². The van der Waals surface area contributed by atoms with Gasteiger partial charge >= 0.3 is 0 Å². The Hall–Kier alpha value is -1.84. The average Bonchev–Trinajstić information content (AvgIpc) is 2.71. The number of hydrogen-bond donors (Lipinski definition) is 0. The number of hydrogen-bond acceptors (Lipinski definition) is 3. The van der Waals surface area contributed by atoms with E-state index in [0.29, 0.717) is 0 Å². The van der Waals surface area contributed by atoms with E-state index in [0.717, 1.165) is 25.1 Å². The maximum Gasteiger partial charge on any atom is 0.119 e. The van der Waals surface area contributed by atoms with Gasteiger partial charge in [0.25, 0.3) is 0 Å². The quantitative estimate of drug-likeness (QED) is 0.836. The summed E-state index contributed by atoms with van der Waals surface area (Å²) in [5, 5.41) is 0. The molecule has 0 bridgehead atoms. The van der Waals surface area contributed by atoms with E-state index in [1.165, 1.54) is 49.2 Å². The Labute approximate surface area is 157 Å². The van der Waals surface area contributed by atoms with Gasteiger partial charge in [0.15, 0.2) is 0 Å². The van der Waals surface area contributed by atoms with Crippen LogP contribution in [0.5, 0.6) is 5.75 Å². The molecule has 2 heterocycles. The summed E-state index contributed by atoms with van der Waals surface area (Å²) >= 11 is 0. The molecule has 26 heavy (non-hydrogen) atoms. The molecule has 0 N–H and O–H groups in total. The smallest absolute Gasteiger partial charge is 0.119 e. The molecule has 1 saturated heterocycles. The highest BCUT2D eigenvalue weighted by Crippen LogP contribution is 2.43. The predicted molar refractivity (Wildman–Crippen MR) is 107 cm³/mol. The first-order chi connectivity index (χ1) is 12.7. The molecule has 3 heteroatoms. The monoisotopic (exact) mass is 350 g/mol. The van der Waals surface area contributed by atoms with E-state index in [9.17, 15) is 0 Å². The first-order valence-corrected chi connectivity index (χ1v) is 9.86. The maximum absolute atomic E-state index is 5.45. The lowest BCUT2D eigenvalue weighted by molar-refractivity contribution is 0.0283. The number of likely N-dealkylation sites (tertiary alicyclic amines) is 1. The first kappa shape index (κ1) is 17.6. The molecule has 0 amide bonds. The zero-order valence-electron chi connectivity index (χ0n) is 16.1. The van der Waals surface area contributed by atoms with Crippen molar-refractivity contribution in [1.82, 2.24) is 9.80 Å². The van der Waals surface area contributed by atoms with Crippen molar-refractivity contribution in [1.29, 1.82) is 0 Å². The molecular weight excluding hydrogens is 320 g/mol. The minimum absolute atomic E-state index is 0.211. The van der Waals surface area contributed by atoms with Crippen LogP contribution in [0.2, 0.25) is 0 Å². The van der Waals surface area contributed by atoms with Gasteiger partial charge in [0.05, 0.1) is 7.11 Å². The Balaban J connectivity index is 1.46. The minimum Gasteiger partial charge on any atom is -0.497 e. The molecular formula is C23H30N2O. The van der Waals surface area contributed by atoms with Crippen LogP contribution in [-0.4, -0.2) is 50.1 Å². The maximum atomic E-state index is 5.45. The Morgan fingerprint density at radius 2 is 1.77 bits per heavy atom. The molecule has 2 aromatic carbocycles. The van der Waals surface area contributed by atoms with E-state index in [-0.39, 0.29) is 5.54 Å². The fourth-order valence-corrected chi connectivity index (χ4v) is 4.80. The van der Waals surface area contributed by atoms with Gasteiger partial charge in [0, 0.05) is 31.7 Å². The van der Waals surface area contributed by atoms with Crippen LogP contribution < -0.4 is 4.74 Å². The lowest BCUT2D eigenvalue weighted by Crippen LogP contribution is -2.54. The Bertz CT molecular complexity index is 735. The van der Waals surface area contributed by atoms with E-state index in [4.69, 9.17) is 4.74 Å². The van der Waals surface area contributed by atoms with Gasteiger partial charge in [-0.2, -0.15) is 0 Å². The van der Waals surface area contributed by atoms with E-state index in [1.807, 2.05) is 0 Å². The molecule has 0 aromatic heterocycles. The second kappa shape index (κ2) is 7.42. The molecule has 3 nitrogen and oxygen atoms in total. The van der Waals surface area contributed by atoms with Crippen LogP contribution in [0.1, 0.15) is 29.5 Å². The van der Waals surface area contributed by atoms with E-state index >= 15 is 0 Å². The van der Waals surface area contributed by atoms with Crippen molar-refractivity contribution in [3.05, 3.63) is 65.2 Å². The molecule has 2 aliphatic heterocycles. The third kappa shape index (κ3) is 3.26. The minimum atomic E-state index is 0.211. The highest BCUT2D eigenvalue weighted by molar-refractivity contribution is 5.42. The fraction of sp³-hybridized carbons (Fsp3) is 0.478. The standard InChI is InChI=1S/C23H30N2O/c1-24-14-11-20-18-21(26-2)8-9-22(20)23(24)12-16-25(17-13-23)15-10-19-6-4-3-5-7-19/h3-9,18H,10-17H2,1-2H3. The molecule has 0 unspecified atom stereocenters. The van der Waals surface area contributed by atoms with Gasteiger partial charge in [-0.1, -0.05) is 36.4 Å². The normalized spacial score (nSPS) is 20.1. The summed E-state index contributed by atoms with van der Waals surface area (Å²) in [6, 6.07) is 17.6. The highest BCUT2D eigenvalue weighted by Gasteiger charge is 2.42. The zero-order valence-corrected chi connectivity index (χ0v) is 16.1. The van der Waals surface area contributed by atoms with Crippen molar-refractivity contribution in [2.75, 3.05) is 40.3 Å². The molecule has 0 saturated carbocycles. The number of likely N-dealkylation sites (N-methyl/N-ethyl adjacent to an activating group) is 1. The summed E-state index contributed by atoms with van der Waals surface area (Å²) < 4.78 is 5.45. The van der Waals surface area contributed by atoms with Gasteiger partial charge in [-0.25, -0.2) is 0 Å². The second-order valence-electron chi connectivity index (χ2n) is 7.80. The summed E-state index contributed by atoms with van der Waals surface area (Å²) in [5.74, 6) is 0.990. The van der Waals surface area contributed by atoms with Crippen molar-refractivity contribution in [3.8, 4) is 5.75 Å².